The molecule has 2 aromatic rings. The van der Waals surface area contributed by atoms with Gasteiger partial charge in [-0.15, -0.1) is 0 Å². The van der Waals surface area contributed by atoms with E-state index >= 15 is 0 Å². The first-order chi connectivity index (χ1) is 12.1. The molecule has 0 unspecified atom stereocenters. The smallest absolute Gasteiger partial charge is 0.260 e. The van der Waals surface area contributed by atoms with E-state index in [1.165, 1.54) is 0 Å². The van der Waals surface area contributed by atoms with Crippen LogP contribution >= 0.6 is 0 Å². The van der Waals surface area contributed by atoms with Crippen LogP contribution in [0.15, 0.2) is 42.6 Å². The second-order valence-electron chi connectivity index (χ2n) is 6.49. The predicted octanol–water partition coefficient (Wildman–Crippen LogP) is 2.42. The highest BCUT2D eigenvalue weighted by Crippen LogP contribution is 2.22. The number of aromatic nitrogens is 1. The molecular formula is C20H25N3O2. The van der Waals surface area contributed by atoms with Crippen LogP contribution in [-0.2, 0) is 11.3 Å². The summed E-state index contributed by atoms with van der Waals surface area (Å²) in [4.78, 5) is 21.0. The SMILES string of the molecule is Cc1cccc(C)c1OCC(=O)N1CCN(Cc2ccccn2)CC1. The monoisotopic (exact) mass is 339 g/mol. The molecule has 0 spiro atoms. The number of carbonyl (C=O) groups excluding carboxylic acids is 1. The van der Waals surface area contributed by atoms with Gasteiger partial charge in [-0.3, -0.25) is 14.7 Å². The van der Waals surface area contributed by atoms with E-state index in [1.54, 1.807) is 0 Å². The van der Waals surface area contributed by atoms with Gasteiger partial charge in [0, 0.05) is 38.9 Å². The summed E-state index contributed by atoms with van der Waals surface area (Å²) in [5.74, 6) is 0.879. The third kappa shape index (κ3) is 4.57. The van der Waals surface area contributed by atoms with Crippen molar-refractivity contribution < 1.29 is 9.53 Å². The highest BCUT2D eigenvalue weighted by molar-refractivity contribution is 5.78. The highest BCUT2D eigenvalue weighted by atomic mass is 16.5. The second-order valence-corrected chi connectivity index (χ2v) is 6.49. The molecule has 1 aromatic carbocycles. The molecule has 0 saturated carbocycles. The van der Waals surface area contributed by atoms with Gasteiger partial charge in [-0.05, 0) is 37.1 Å². The minimum atomic E-state index is 0.0557. The molecule has 1 aliphatic rings. The molecule has 2 heterocycles. The fourth-order valence-corrected chi connectivity index (χ4v) is 3.13. The molecule has 1 fully saturated rings. The first-order valence-electron chi connectivity index (χ1n) is 8.72. The van der Waals surface area contributed by atoms with Gasteiger partial charge in [-0.1, -0.05) is 24.3 Å². The summed E-state index contributed by atoms with van der Waals surface area (Å²) in [7, 11) is 0. The van der Waals surface area contributed by atoms with Crippen LogP contribution < -0.4 is 4.74 Å². The van der Waals surface area contributed by atoms with Crippen molar-refractivity contribution in [2.75, 3.05) is 32.8 Å². The highest BCUT2D eigenvalue weighted by Gasteiger charge is 2.22. The zero-order chi connectivity index (χ0) is 17.6. The number of rotatable bonds is 5. The van der Waals surface area contributed by atoms with E-state index in [0.29, 0.717) is 0 Å². The number of pyridine rings is 1. The Morgan fingerprint density at radius 3 is 2.40 bits per heavy atom. The van der Waals surface area contributed by atoms with E-state index in [1.807, 2.05) is 61.3 Å². The van der Waals surface area contributed by atoms with E-state index in [2.05, 4.69) is 9.88 Å². The van der Waals surface area contributed by atoms with E-state index in [-0.39, 0.29) is 12.5 Å². The minimum Gasteiger partial charge on any atom is -0.483 e. The Labute approximate surface area is 149 Å². The molecule has 0 bridgehead atoms. The predicted molar refractivity (Wildman–Crippen MR) is 97.5 cm³/mol. The standard InChI is InChI=1S/C20H25N3O2/c1-16-6-5-7-17(2)20(16)25-15-19(24)23-12-10-22(11-13-23)14-18-8-3-4-9-21-18/h3-9H,10-15H2,1-2H3. The number of ether oxygens (including phenoxy) is 1. The topological polar surface area (TPSA) is 45.7 Å². The second kappa shape index (κ2) is 8.12. The molecule has 5 nitrogen and oxygen atoms in total. The van der Waals surface area contributed by atoms with Crippen molar-refractivity contribution in [1.29, 1.82) is 0 Å². The third-order valence-corrected chi connectivity index (χ3v) is 4.59. The lowest BCUT2D eigenvalue weighted by Gasteiger charge is -2.34. The first-order valence-corrected chi connectivity index (χ1v) is 8.72. The number of nitrogens with zero attached hydrogens (tertiary/aromatic N) is 3. The summed E-state index contributed by atoms with van der Waals surface area (Å²) in [6.45, 7) is 8.15. The fourth-order valence-electron chi connectivity index (χ4n) is 3.13. The molecule has 1 aliphatic heterocycles. The Kier molecular flexibility index (Phi) is 5.66. The molecule has 25 heavy (non-hydrogen) atoms. The van der Waals surface area contributed by atoms with Crippen molar-refractivity contribution >= 4 is 5.91 Å². The van der Waals surface area contributed by atoms with Gasteiger partial charge in [-0.2, -0.15) is 0 Å². The zero-order valence-electron chi connectivity index (χ0n) is 14.9. The van der Waals surface area contributed by atoms with Crippen molar-refractivity contribution in [2.24, 2.45) is 0 Å². The maximum absolute atomic E-state index is 12.4. The Hall–Kier alpha value is -2.40. The molecule has 1 amide bonds. The Morgan fingerprint density at radius 2 is 1.76 bits per heavy atom. The van der Waals surface area contributed by atoms with Gasteiger partial charge in [0.05, 0.1) is 5.69 Å². The molecule has 132 valence electrons. The van der Waals surface area contributed by atoms with Crippen molar-refractivity contribution in [2.45, 2.75) is 20.4 Å². The average molecular weight is 339 g/mol. The van der Waals surface area contributed by atoms with Gasteiger partial charge in [0.15, 0.2) is 6.61 Å². The maximum atomic E-state index is 12.4. The van der Waals surface area contributed by atoms with Crippen molar-refractivity contribution in [1.82, 2.24) is 14.8 Å². The molecule has 0 aliphatic carbocycles. The Bertz CT molecular complexity index is 690. The zero-order valence-corrected chi connectivity index (χ0v) is 14.9. The summed E-state index contributed by atoms with van der Waals surface area (Å²) in [5, 5.41) is 0. The van der Waals surface area contributed by atoms with Crippen molar-refractivity contribution in [3.8, 4) is 5.75 Å². The van der Waals surface area contributed by atoms with Gasteiger partial charge in [0.25, 0.3) is 5.91 Å². The van der Waals surface area contributed by atoms with Crippen LogP contribution in [0.5, 0.6) is 5.75 Å². The number of piperazine rings is 1. The summed E-state index contributed by atoms with van der Waals surface area (Å²) in [6, 6.07) is 12.0. The molecule has 1 aromatic heterocycles. The third-order valence-electron chi connectivity index (χ3n) is 4.59. The van der Waals surface area contributed by atoms with E-state index in [9.17, 15) is 4.79 Å². The van der Waals surface area contributed by atoms with Crippen LogP contribution in [0.1, 0.15) is 16.8 Å². The quantitative estimate of drug-likeness (QED) is 0.839. The maximum Gasteiger partial charge on any atom is 0.260 e. The van der Waals surface area contributed by atoms with Gasteiger partial charge < -0.3 is 9.64 Å². The lowest BCUT2D eigenvalue weighted by molar-refractivity contribution is -0.135. The van der Waals surface area contributed by atoms with Crippen LogP contribution in [0.4, 0.5) is 0 Å². The largest absolute Gasteiger partial charge is 0.483 e. The number of carbonyl (C=O) groups is 1. The van der Waals surface area contributed by atoms with Gasteiger partial charge >= 0.3 is 0 Å². The molecule has 5 heteroatoms. The molecule has 1 saturated heterocycles. The number of para-hydroxylation sites is 1. The number of hydrogen-bond acceptors (Lipinski definition) is 4. The number of amides is 1. The van der Waals surface area contributed by atoms with Crippen LogP contribution in [0, 0.1) is 13.8 Å². The van der Waals surface area contributed by atoms with Crippen LogP contribution in [0.3, 0.4) is 0 Å². The Balaban J connectivity index is 1.47. The van der Waals surface area contributed by atoms with Crippen molar-refractivity contribution in [3.05, 3.63) is 59.4 Å². The normalized spacial score (nSPS) is 15.2. The summed E-state index contributed by atoms with van der Waals surface area (Å²) in [6.07, 6.45) is 1.82. The van der Waals surface area contributed by atoms with Crippen LogP contribution in [-0.4, -0.2) is 53.5 Å². The number of aryl methyl sites for hydroxylation is 2. The number of hydrogen-bond donors (Lipinski definition) is 0. The number of benzene rings is 1. The lowest BCUT2D eigenvalue weighted by Crippen LogP contribution is -2.49. The van der Waals surface area contributed by atoms with E-state index in [0.717, 1.165) is 55.3 Å². The molecule has 3 rings (SSSR count). The first kappa shape index (κ1) is 17.4. The fraction of sp³-hybridized carbons (Fsp3) is 0.400. The minimum absolute atomic E-state index is 0.0557. The van der Waals surface area contributed by atoms with Crippen LogP contribution in [0.25, 0.3) is 0 Å². The van der Waals surface area contributed by atoms with Crippen molar-refractivity contribution in [3.63, 3.8) is 0 Å². The molecule has 0 radical (unpaired) electrons. The van der Waals surface area contributed by atoms with Gasteiger partial charge in [-0.25, -0.2) is 0 Å². The summed E-state index contributed by atoms with van der Waals surface area (Å²) >= 11 is 0. The summed E-state index contributed by atoms with van der Waals surface area (Å²) < 4.78 is 5.79. The van der Waals surface area contributed by atoms with Gasteiger partial charge in [0.2, 0.25) is 0 Å². The summed E-state index contributed by atoms with van der Waals surface area (Å²) in [5.41, 5.74) is 3.20. The van der Waals surface area contributed by atoms with Crippen LogP contribution in [0.2, 0.25) is 0 Å². The Morgan fingerprint density at radius 1 is 1.04 bits per heavy atom. The van der Waals surface area contributed by atoms with Gasteiger partial charge in [0.1, 0.15) is 5.75 Å². The molecule has 0 N–H and O–H groups in total. The van der Waals surface area contributed by atoms with E-state index in [4.69, 9.17) is 4.74 Å². The average Bonchev–Trinajstić information content (AvgIpc) is 2.62. The molecule has 0 atom stereocenters. The van der Waals surface area contributed by atoms with E-state index < -0.39 is 0 Å². The molecular weight excluding hydrogens is 314 g/mol. The lowest BCUT2D eigenvalue weighted by atomic mass is 10.1.